The van der Waals surface area contributed by atoms with Crippen LogP contribution in [-0.4, -0.2) is 115 Å². The number of rotatable bonds is 7. The van der Waals surface area contributed by atoms with Gasteiger partial charge in [-0.2, -0.15) is 0 Å². The summed E-state index contributed by atoms with van der Waals surface area (Å²) in [4.78, 5) is 10.1. The van der Waals surface area contributed by atoms with Crippen molar-refractivity contribution in [3.05, 3.63) is 34.4 Å². The van der Waals surface area contributed by atoms with E-state index in [4.69, 9.17) is 18.9 Å². The van der Waals surface area contributed by atoms with Crippen LogP contribution in [0.1, 0.15) is 0 Å². The van der Waals surface area contributed by atoms with E-state index in [1.165, 1.54) is 12.1 Å². The predicted molar refractivity (Wildman–Crippen MR) is 100 cm³/mol. The number of hydrogen-bond donors (Lipinski definition) is 7. The smallest absolute Gasteiger partial charge is 0.269 e. The number of nitro groups is 1. The zero-order chi connectivity index (χ0) is 23.6. The van der Waals surface area contributed by atoms with Crippen molar-refractivity contribution in [2.75, 3.05) is 13.2 Å². The lowest BCUT2D eigenvalue weighted by Gasteiger charge is -2.46. The van der Waals surface area contributed by atoms with Crippen LogP contribution in [0.2, 0.25) is 0 Å². The third-order valence-electron chi connectivity index (χ3n) is 5.27. The van der Waals surface area contributed by atoms with Crippen LogP contribution in [0.5, 0.6) is 5.75 Å². The first-order valence-corrected chi connectivity index (χ1v) is 9.67. The van der Waals surface area contributed by atoms with Crippen LogP contribution in [-0.2, 0) is 14.2 Å². The van der Waals surface area contributed by atoms with Crippen molar-refractivity contribution in [3.63, 3.8) is 0 Å². The minimum Gasteiger partial charge on any atom is -0.482 e. The number of benzene rings is 1. The fourth-order valence-corrected chi connectivity index (χ4v) is 3.49. The Balaban J connectivity index is 1.76. The molecule has 0 aromatic heterocycles. The van der Waals surface area contributed by atoms with Crippen molar-refractivity contribution in [2.24, 2.45) is 0 Å². The molecule has 0 radical (unpaired) electrons. The van der Waals surface area contributed by atoms with Gasteiger partial charge in [-0.05, 0) is 12.1 Å². The number of aliphatic hydroxyl groups excluding tert-OH is 7. The lowest BCUT2D eigenvalue weighted by molar-refractivity contribution is -0.384. The molecule has 1 aromatic rings. The minimum absolute atomic E-state index is 0.0522. The van der Waals surface area contributed by atoms with Gasteiger partial charge in [-0.3, -0.25) is 10.1 Å². The van der Waals surface area contributed by atoms with Crippen molar-refractivity contribution in [3.8, 4) is 5.75 Å². The van der Waals surface area contributed by atoms with Crippen molar-refractivity contribution in [2.45, 2.75) is 61.4 Å². The minimum atomic E-state index is -1.78. The molecule has 32 heavy (non-hydrogen) atoms. The normalized spacial score (nSPS) is 40.1. The number of ether oxygens (including phenoxy) is 4. The van der Waals surface area contributed by atoms with Gasteiger partial charge in [-0.1, -0.05) is 0 Å². The largest absolute Gasteiger partial charge is 0.482 e. The summed E-state index contributed by atoms with van der Waals surface area (Å²) in [6.07, 6.45) is -15.7. The zero-order valence-electron chi connectivity index (χ0n) is 16.5. The maximum Gasteiger partial charge on any atom is 0.269 e. The van der Waals surface area contributed by atoms with E-state index in [2.05, 4.69) is 0 Å². The van der Waals surface area contributed by atoms with Crippen LogP contribution in [0.25, 0.3) is 0 Å². The molecule has 0 spiro atoms. The molecule has 7 N–H and O–H groups in total. The highest BCUT2D eigenvalue weighted by Gasteiger charge is 2.51. The number of non-ortho nitro benzene ring substituents is 1. The van der Waals surface area contributed by atoms with Crippen LogP contribution in [0, 0.1) is 10.1 Å². The second kappa shape index (κ2) is 10.3. The fourth-order valence-electron chi connectivity index (χ4n) is 3.49. The van der Waals surface area contributed by atoms with Gasteiger partial charge < -0.3 is 54.7 Å². The van der Waals surface area contributed by atoms with E-state index in [-0.39, 0.29) is 11.4 Å². The monoisotopic (exact) mass is 463 g/mol. The second-order valence-corrected chi connectivity index (χ2v) is 7.37. The lowest BCUT2D eigenvalue weighted by atomic mass is 9.97. The van der Waals surface area contributed by atoms with Crippen LogP contribution < -0.4 is 4.74 Å². The molecule has 0 bridgehead atoms. The highest BCUT2D eigenvalue weighted by Crippen LogP contribution is 2.30. The Morgan fingerprint density at radius 3 is 2.03 bits per heavy atom. The Labute approximate surface area is 180 Å². The highest BCUT2D eigenvalue weighted by molar-refractivity contribution is 5.36. The summed E-state index contributed by atoms with van der Waals surface area (Å²) >= 11 is 0. The molecule has 0 unspecified atom stereocenters. The molecule has 2 saturated heterocycles. The highest BCUT2D eigenvalue weighted by atomic mass is 16.7. The molecule has 14 nitrogen and oxygen atoms in total. The van der Waals surface area contributed by atoms with Gasteiger partial charge >= 0.3 is 0 Å². The quantitative estimate of drug-likeness (QED) is 0.155. The van der Waals surface area contributed by atoms with Crippen LogP contribution in [0.4, 0.5) is 5.69 Å². The first-order chi connectivity index (χ1) is 15.2. The van der Waals surface area contributed by atoms with E-state index < -0.39 is 79.5 Å². The topological polar surface area (TPSA) is 222 Å². The third-order valence-corrected chi connectivity index (χ3v) is 5.27. The van der Waals surface area contributed by atoms with E-state index in [9.17, 15) is 45.9 Å². The van der Waals surface area contributed by atoms with Crippen molar-refractivity contribution >= 4 is 5.69 Å². The first kappa shape index (κ1) is 24.7. The number of hydrogen-bond acceptors (Lipinski definition) is 13. The summed E-state index contributed by atoms with van der Waals surface area (Å²) in [5.74, 6) is 0.0522. The van der Waals surface area contributed by atoms with Gasteiger partial charge in [0.2, 0.25) is 0 Å². The zero-order valence-corrected chi connectivity index (χ0v) is 16.5. The summed E-state index contributed by atoms with van der Waals surface area (Å²) < 4.78 is 21.5. The molecular formula is C18H25NO13. The molecule has 2 fully saturated rings. The van der Waals surface area contributed by atoms with E-state index in [0.29, 0.717) is 0 Å². The summed E-state index contributed by atoms with van der Waals surface area (Å²) in [6, 6.07) is 4.78. The third kappa shape index (κ3) is 4.99. The SMILES string of the molecule is O=[N+]([O-])c1ccc(O[C@@H]2[C@@H](O)[C@H](O[C@H]3O[C@H](CO)[C@@H](O)[C@H](O)[C@H]3O)[C@@H](CO)O[C@H]2O)cc1. The van der Waals surface area contributed by atoms with E-state index in [0.717, 1.165) is 12.1 Å². The summed E-state index contributed by atoms with van der Waals surface area (Å²) in [6.45, 7) is -1.43. The van der Waals surface area contributed by atoms with Crippen LogP contribution >= 0.6 is 0 Å². The molecule has 0 amide bonds. The lowest BCUT2D eigenvalue weighted by Crippen LogP contribution is -2.65. The summed E-state index contributed by atoms with van der Waals surface area (Å²) in [5, 5.41) is 80.5. The predicted octanol–water partition coefficient (Wildman–Crippen LogP) is -3.40. The molecule has 2 heterocycles. The van der Waals surface area contributed by atoms with Crippen LogP contribution in [0.3, 0.4) is 0 Å². The molecule has 3 rings (SSSR count). The maximum atomic E-state index is 10.8. The van der Waals surface area contributed by atoms with Gasteiger partial charge in [0, 0.05) is 12.1 Å². The molecule has 0 aliphatic carbocycles. The Morgan fingerprint density at radius 2 is 1.47 bits per heavy atom. The average molecular weight is 463 g/mol. The maximum absolute atomic E-state index is 10.8. The van der Waals surface area contributed by atoms with E-state index in [1.807, 2.05) is 0 Å². The summed E-state index contributed by atoms with van der Waals surface area (Å²) in [5.41, 5.74) is -0.206. The number of nitrogens with zero attached hydrogens (tertiary/aromatic N) is 1. The molecule has 1 aromatic carbocycles. The Hall–Kier alpha value is -1.98. The molecule has 10 atom stereocenters. The number of nitro benzene ring substituents is 1. The molecule has 14 heteroatoms. The molecule has 2 aliphatic rings. The Morgan fingerprint density at radius 1 is 0.844 bits per heavy atom. The average Bonchev–Trinajstić information content (AvgIpc) is 2.78. The van der Waals surface area contributed by atoms with Crippen molar-refractivity contribution in [1.82, 2.24) is 0 Å². The standard InChI is InChI=1S/C18H25NO13/c20-5-9-11(22)12(23)13(24)18(31-9)32-15-10(6-21)30-17(26)16(14(15)25)29-8-3-1-7(2-4-8)19(27)28/h1-4,9-18,20-26H,5-6H2/t9-,10-,11-,12+,13-,14+,15-,16-,17-,18-/m1/s1. The second-order valence-electron chi connectivity index (χ2n) is 7.37. The van der Waals surface area contributed by atoms with E-state index >= 15 is 0 Å². The van der Waals surface area contributed by atoms with Crippen LogP contribution in [0.15, 0.2) is 24.3 Å². The molecule has 180 valence electrons. The van der Waals surface area contributed by atoms with Gasteiger partial charge in [-0.25, -0.2) is 0 Å². The number of aliphatic hydroxyl groups is 7. The van der Waals surface area contributed by atoms with E-state index in [1.54, 1.807) is 0 Å². The van der Waals surface area contributed by atoms with Gasteiger partial charge in [0.25, 0.3) is 5.69 Å². The van der Waals surface area contributed by atoms with Gasteiger partial charge in [0.05, 0.1) is 18.1 Å². The molecule has 2 aliphatic heterocycles. The van der Waals surface area contributed by atoms with Crippen molar-refractivity contribution in [1.29, 1.82) is 0 Å². The first-order valence-electron chi connectivity index (χ1n) is 9.67. The molecular weight excluding hydrogens is 438 g/mol. The van der Waals surface area contributed by atoms with Gasteiger partial charge in [0.15, 0.2) is 18.7 Å². The van der Waals surface area contributed by atoms with Crippen molar-refractivity contribution < 1.29 is 59.6 Å². The van der Waals surface area contributed by atoms with Gasteiger partial charge in [0.1, 0.15) is 48.5 Å². The summed E-state index contributed by atoms with van der Waals surface area (Å²) in [7, 11) is 0. The fraction of sp³-hybridized carbons (Fsp3) is 0.667. The molecule has 0 saturated carbocycles. The Kier molecular flexibility index (Phi) is 7.94. The van der Waals surface area contributed by atoms with Gasteiger partial charge in [-0.15, -0.1) is 0 Å². The Bertz CT molecular complexity index is 762.